The molecule has 0 radical (unpaired) electrons. The molecule has 0 amide bonds. The van der Waals surface area contributed by atoms with Crippen LogP contribution >= 0.6 is 0 Å². The lowest BCUT2D eigenvalue weighted by atomic mass is 9.43. The zero-order valence-electron chi connectivity index (χ0n) is 41.2. The molecule has 4 heteroatoms. The van der Waals surface area contributed by atoms with E-state index in [1.165, 1.54) is 115 Å². The van der Waals surface area contributed by atoms with E-state index in [9.17, 15) is 0 Å². The summed E-state index contributed by atoms with van der Waals surface area (Å²) in [5, 5.41) is 4.97. The van der Waals surface area contributed by atoms with Gasteiger partial charge < -0.3 is 4.57 Å². The molecule has 68 heavy (non-hydrogen) atoms. The van der Waals surface area contributed by atoms with Crippen LogP contribution in [-0.4, -0.2) is 19.5 Å². The van der Waals surface area contributed by atoms with Crippen LogP contribution in [0.2, 0.25) is 0 Å². The Bertz CT molecular complexity index is 3110. The highest BCUT2D eigenvalue weighted by molar-refractivity contribution is 6.18. The fraction of sp³-hybridized carbons (Fsp3) is 0.422. The van der Waals surface area contributed by atoms with Crippen molar-refractivity contribution in [2.75, 3.05) is 0 Å². The van der Waals surface area contributed by atoms with Gasteiger partial charge >= 0.3 is 0 Å². The minimum absolute atomic E-state index is 0.489. The molecule has 4 fully saturated rings. The number of fused-ring (bicyclic) bond motifs is 10. The zero-order chi connectivity index (χ0) is 46.1. The molecule has 6 aromatic carbocycles. The Morgan fingerprint density at radius 2 is 1.24 bits per heavy atom. The average Bonchev–Trinajstić information content (AvgIpc) is 3.92. The largest absolute Gasteiger partial charge is 0.309 e. The van der Waals surface area contributed by atoms with Crippen molar-refractivity contribution in [2.24, 2.45) is 52.3 Å². The van der Waals surface area contributed by atoms with Crippen molar-refractivity contribution < 1.29 is 0 Å². The molecule has 346 valence electrons. The number of benzene rings is 6. The van der Waals surface area contributed by atoms with Crippen molar-refractivity contribution in [3.8, 4) is 39.9 Å². The van der Waals surface area contributed by atoms with Crippen LogP contribution in [0.1, 0.15) is 123 Å². The highest BCUT2D eigenvalue weighted by Gasteiger charge is 2.60. The molecule has 0 bridgehead atoms. The Morgan fingerprint density at radius 3 is 2.03 bits per heavy atom. The second kappa shape index (κ2) is 17.4. The predicted molar refractivity (Wildman–Crippen MR) is 284 cm³/mol. The minimum Gasteiger partial charge on any atom is -0.309 e. The highest BCUT2D eigenvalue weighted by Crippen LogP contribution is 2.69. The van der Waals surface area contributed by atoms with Crippen LogP contribution in [0.25, 0.3) is 72.4 Å². The molecule has 0 saturated heterocycles. The molecule has 2 unspecified atom stereocenters. The number of para-hydroxylation sites is 1. The topological polar surface area (TPSA) is 43.6 Å². The van der Waals surface area contributed by atoms with Gasteiger partial charge in [-0.1, -0.05) is 175 Å². The third kappa shape index (κ3) is 7.42. The van der Waals surface area contributed by atoms with Gasteiger partial charge in [-0.05, 0) is 145 Å². The van der Waals surface area contributed by atoms with Crippen LogP contribution < -0.4 is 0 Å². The second-order valence-corrected chi connectivity index (χ2v) is 23.0. The monoisotopic (exact) mass is 895 g/mol. The van der Waals surface area contributed by atoms with Crippen LogP contribution in [0.3, 0.4) is 0 Å². The Labute approximate surface area is 405 Å². The Morgan fingerprint density at radius 1 is 0.559 bits per heavy atom. The fourth-order valence-electron chi connectivity index (χ4n) is 15.6. The van der Waals surface area contributed by atoms with Crippen molar-refractivity contribution in [1.82, 2.24) is 19.5 Å². The van der Waals surface area contributed by atoms with E-state index in [0.29, 0.717) is 34.2 Å². The lowest BCUT2D eigenvalue weighted by Gasteiger charge is -2.61. The van der Waals surface area contributed by atoms with Crippen molar-refractivity contribution in [1.29, 1.82) is 0 Å². The van der Waals surface area contributed by atoms with E-state index in [-0.39, 0.29) is 0 Å². The normalized spacial score (nSPS) is 27.3. The third-order valence-corrected chi connectivity index (χ3v) is 19.1. The van der Waals surface area contributed by atoms with Crippen LogP contribution in [0.15, 0.2) is 140 Å². The first-order valence-corrected chi connectivity index (χ1v) is 26.6. The lowest BCUT2D eigenvalue weighted by Crippen LogP contribution is -2.53. The predicted octanol–water partition coefficient (Wildman–Crippen LogP) is 17.3. The van der Waals surface area contributed by atoms with E-state index < -0.39 is 0 Å². The first-order valence-electron chi connectivity index (χ1n) is 26.6. The van der Waals surface area contributed by atoms with Gasteiger partial charge in [-0.15, -0.1) is 0 Å². The summed E-state index contributed by atoms with van der Waals surface area (Å²) in [7, 11) is 0. The first kappa shape index (κ1) is 43.7. The van der Waals surface area contributed by atoms with Crippen LogP contribution in [0, 0.1) is 52.3 Å². The van der Waals surface area contributed by atoms with E-state index >= 15 is 0 Å². The van der Waals surface area contributed by atoms with Crippen LogP contribution in [-0.2, 0) is 0 Å². The summed E-state index contributed by atoms with van der Waals surface area (Å²) in [6, 6.07) is 50.5. The third-order valence-electron chi connectivity index (χ3n) is 19.1. The molecule has 2 aromatic heterocycles. The van der Waals surface area contributed by atoms with Gasteiger partial charge in [0.15, 0.2) is 17.5 Å². The van der Waals surface area contributed by atoms with Gasteiger partial charge in [0.25, 0.3) is 0 Å². The van der Waals surface area contributed by atoms with E-state index in [2.05, 4.69) is 179 Å². The van der Waals surface area contributed by atoms with E-state index in [4.69, 9.17) is 15.0 Å². The highest BCUT2D eigenvalue weighted by atomic mass is 15.0. The number of rotatable bonds is 10. The van der Waals surface area contributed by atoms with Gasteiger partial charge in [0.2, 0.25) is 0 Å². The molecule has 0 spiro atoms. The minimum atomic E-state index is 0.489. The summed E-state index contributed by atoms with van der Waals surface area (Å²) in [6.45, 7) is 12.9. The van der Waals surface area contributed by atoms with Gasteiger partial charge in [-0.3, -0.25) is 0 Å². The molecular weight excluding hydrogens is 825 g/mol. The van der Waals surface area contributed by atoms with Gasteiger partial charge in [-0.25, -0.2) is 15.0 Å². The van der Waals surface area contributed by atoms with Gasteiger partial charge in [-0.2, -0.15) is 0 Å². The number of aromatic nitrogens is 4. The van der Waals surface area contributed by atoms with Gasteiger partial charge in [0.05, 0.1) is 11.0 Å². The van der Waals surface area contributed by atoms with Crippen molar-refractivity contribution >= 4 is 32.6 Å². The van der Waals surface area contributed by atoms with Crippen LogP contribution in [0.4, 0.5) is 0 Å². The molecule has 4 nitrogen and oxygen atoms in total. The number of hydrogen-bond acceptors (Lipinski definition) is 3. The van der Waals surface area contributed by atoms with E-state index in [1.54, 1.807) is 0 Å². The summed E-state index contributed by atoms with van der Waals surface area (Å²) in [6.07, 6.45) is 17.1. The molecule has 2 heterocycles. The standard InChI is InChI=1S/C64H70N4/c1-41(2)15-13-16-42(3)55-33-34-56-54-32-30-49-39-47(35-37-63(49,4)57(54)36-38-64(55,56)5)43-25-27-46(28-26-43)61-65-60(45-18-7-6-8-19-45)66-62(67-61)48-20-14-21-50(40-48)68-58-24-12-11-23-52(58)53-31-29-44-17-9-10-22-51(44)59(53)68/h6-12,14,17-29,31,40-42,47,49,54-57H,13,15-16,30,32-39H2,1-5H3/t42-,47?,49+,54?,55-,56+,57+,63+,64-/m1/s1. The fourth-order valence-corrected chi connectivity index (χ4v) is 15.6. The number of hydrogen-bond donors (Lipinski definition) is 0. The Hall–Kier alpha value is -5.61. The summed E-state index contributed by atoms with van der Waals surface area (Å²) < 4.78 is 2.42. The van der Waals surface area contributed by atoms with Crippen molar-refractivity contribution in [3.05, 3.63) is 145 Å². The summed E-state index contributed by atoms with van der Waals surface area (Å²) >= 11 is 0. The Kier molecular flexibility index (Phi) is 11.2. The molecule has 8 aromatic rings. The maximum atomic E-state index is 5.27. The molecule has 4 aliphatic rings. The summed E-state index contributed by atoms with van der Waals surface area (Å²) in [4.78, 5) is 15.6. The molecular formula is C64H70N4. The molecule has 9 atom stereocenters. The first-order chi connectivity index (χ1) is 33.2. The maximum Gasteiger partial charge on any atom is 0.164 e. The summed E-state index contributed by atoms with van der Waals surface area (Å²) in [5.74, 6) is 8.98. The quantitative estimate of drug-likeness (QED) is 0.137. The van der Waals surface area contributed by atoms with Crippen molar-refractivity contribution in [3.63, 3.8) is 0 Å². The Balaban J connectivity index is 0.812. The van der Waals surface area contributed by atoms with Gasteiger partial charge in [0.1, 0.15) is 0 Å². The van der Waals surface area contributed by atoms with Crippen molar-refractivity contribution in [2.45, 2.75) is 118 Å². The smallest absolute Gasteiger partial charge is 0.164 e. The average molecular weight is 895 g/mol. The molecule has 12 rings (SSSR count). The van der Waals surface area contributed by atoms with Crippen LogP contribution in [0.5, 0.6) is 0 Å². The zero-order valence-corrected chi connectivity index (χ0v) is 41.2. The molecule has 0 aliphatic heterocycles. The lowest BCUT2D eigenvalue weighted by molar-refractivity contribution is -0.117. The SMILES string of the molecule is CC(C)CCC[C@@H](C)[C@H]1CC[C@H]2C3CC[C@H]4CC(c5ccc(-c6nc(-c7ccccc7)nc(-c7cccc(-n8c9ccccc9c9ccc%10ccccc%10c98)c7)n6)cc5)CC[C@]4(C)[C@H]3CC[C@]12C. The second-order valence-electron chi connectivity index (χ2n) is 23.0. The molecule has 4 saturated carbocycles. The molecule has 0 N–H and O–H groups in total. The van der Waals surface area contributed by atoms with Gasteiger partial charge in [0, 0.05) is 38.5 Å². The maximum absolute atomic E-state index is 5.27. The number of nitrogens with zero attached hydrogens (tertiary/aromatic N) is 4. The summed E-state index contributed by atoms with van der Waals surface area (Å²) in [5.41, 5.74) is 9.02. The molecule has 4 aliphatic carbocycles. The van der Waals surface area contributed by atoms with E-state index in [1.807, 2.05) is 0 Å². The van der Waals surface area contributed by atoms with E-state index in [0.717, 1.165) is 63.8 Å².